The van der Waals surface area contributed by atoms with Gasteiger partial charge in [-0.25, -0.2) is 13.6 Å². The number of esters is 1. The van der Waals surface area contributed by atoms with Crippen molar-refractivity contribution in [1.29, 1.82) is 0 Å². The van der Waals surface area contributed by atoms with Crippen LogP contribution in [0.3, 0.4) is 0 Å². The Hall–Kier alpha value is -2.84. The maximum Gasteiger partial charge on any atom is 0.336 e. The minimum absolute atomic E-state index is 0.00225. The van der Waals surface area contributed by atoms with Gasteiger partial charge < -0.3 is 14.8 Å². The summed E-state index contributed by atoms with van der Waals surface area (Å²) in [6.07, 6.45) is 2.31. The quantitative estimate of drug-likeness (QED) is 0.597. The van der Waals surface area contributed by atoms with E-state index in [9.17, 15) is 14.0 Å². The molecule has 1 saturated heterocycles. The molecule has 0 spiro atoms. The lowest BCUT2D eigenvalue weighted by Gasteiger charge is -2.36. The molecule has 0 amide bonds. The molecule has 5 rings (SSSR count). The molecule has 0 unspecified atom stereocenters. The summed E-state index contributed by atoms with van der Waals surface area (Å²) >= 11 is 1.59. The summed E-state index contributed by atoms with van der Waals surface area (Å²) in [4.78, 5) is 27.8. The predicted molar refractivity (Wildman–Crippen MR) is 123 cm³/mol. The van der Waals surface area contributed by atoms with Crippen LogP contribution in [-0.4, -0.2) is 31.1 Å². The van der Waals surface area contributed by atoms with E-state index in [-0.39, 0.29) is 42.0 Å². The van der Waals surface area contributed by atoms with Gasteiger partial charge in [-0.15, -0.1) is 11.3 Å². The summed E-state index contributed by atoms with van der Waals surface area (Å²) in [6.45, 7) is 2.41. The lowest BCUT2D eigenvalue weighted by molar-refractivity contribution is -0.142. The van der Waals surface area contributed by atoms with Crippen molar-refractivity contribution in [3.63, 3.8) is 0 Å². The SMILES string of the molecule is CC1=C(C(=O)OC[C@H]2CCCO2)[C@H](c2cc(F)ccc2F)C2=C(C[C@@H](c3cccs3)CC2=O)N1. The molecule has 178 valence electrons. The number of thiophene rings is 1. The van der Waals surface area contributed by atoms with Gasteiger partial charge in [0.1, 0.15) is 18.2 Å². The number of hydrogen-bond donors (Lipinski definition) is 1. The van der Waals surface area contributed by atoms with Crippen molar-refractivity contribution >= 4 is 23.1 Å². The first kappa shape index (κ1) is 22.9. The van der Waals surface area contributed by atoms with E-state index >= 15 is 4.39 Å². The molecule has 1 fully saturated rings. The Labute approximate surface area is 200 Å². The number of carbonyl (C=O) groups excluding carboxylic acids is 2. The highest BCUT2D eigenvalue weighted by atomic mass is 32.1. The molecule has 1 aliphatic carbocycles. The van der Waals surface area contributed by atoms with Gasteiger partial charge in [0, 0.05) is 46.4 Å². The highest BCUT2D eigenvalue weighted by molar-refractivity contribution is 7.10. The highest BCUT2D eigenvalue weighted by Gasteiger charge is 2.42. The van der Waals surface area contributed by atoms with Gasteiger partial charge in [0.05, 0.1) is 17.6 Å². The number of allylic oxidation sites excluding steroid dienone is 3. The Morgan fingerprint density at radius 1 is 1.26 bits per heavy atom. The lowest BCUT2D eigenvalue weighted by atomic mass is 9.72. The molecule has 3 atom stereocenters. The molecule has 34 heavy (non-hydrogen) atoms. The third-order valence-electron chi connectivity index (χ3n) is 6.69. The minimum atomic E-state index is -1.04. The number of rotatable bonds is 5. The van der Waals surface area contributed by atoms with Crippen LogP contribution in [-0.2, 0) is 19.1 Å². The van der Waals surface area contributed by atoms with Crippen molar-refractivity contribution in [3.8, 4) is 0 Å². The van der Waals surface area contributed by atoms with Crippen LogP contribution in [0.15, 0.2) is 58.3 Å². The highest BCUT2D eigenvalue weighted by Crippen LogP contribution is 2.46. The van der Waals surface area contributed by atoms with Crippen LogP contribution in [0.1, 0.15) is 54.9 Å². The van der Waals surface area contributed by atoms with Gasteiger partial charge >= 0.3 is 5.97 Å². The van der Waals surface area contributed by atoms with Gasteiger partial charge in [-0.05, 0) is 55.8 Å². The number of benzene rings is 1. The fourth-order valence-corrected chi connectivity index (χ4v) is 5.93. The second-order valence-electron chi connectivity index (χ2n) is 8.93. The van der Waals surface area contributed by atoms with Crippen molar-refractivity contribution in [3.05, 3.63) is 80.3 Å². The first-order chi connectivity index (χ1) is 16.4. The summed E-state index contributed by atoms with van der Waals surface area (Å²) < 4.78 is 40.3. The van der Waals surface area contributed by atoms with Crippen molar-refractivity contribution in [2.24, 2.45) is 0 Å². The molecule has 8 heteroatoms. The average Bonchev–Trinajstić information content (AvgIpc) is 3.52. The summed E-state index contributed by atoms with van der Waals surface area (Å²) in [5.74, 6) is -3.20. The van der Waals surface area contributed by atoms with Crippen LogP contribution in [0.25, 0.3) is 0 Å². The largest absolute Gasteiger partial charge is 0.459 e. The Bertz CT molecular complexity index is 1180. The van der Waals surface area contributed by atoms with E-state index in [1.165, 1.54) is 0 Å². The zero-order valence-electron chi connectivity index (χ0n) is 18.7. The molecule has 2 aliphatic heterocycles. The molecular formula is C26H25F2NO4S. The Morgan fingerprint density at radius 2 is 2.12 bits per heavy atom. The van der Waals surface area contributed by atoms with E-state index in [0.29, 0.717) is 30.0 Å². The van der Waals surface area contributed by atoms with Crippen molar-refractivity contribution in [1.82, 2.24) is 5.32 Å². The first-order valence-corrected chi connectivity index (χ1v) is 12.3. The Balaban J connectivity index is 1.54. The van der Waals surface area contributed by atoms with Gasteiger partial charge in [0.25, 0.3) is 0 Å². The number of hydrogen-bond acceptors (Lipinski definition) is 6. The van der Waals surface area contributed by atoms with E-state index in [1.807, 2.05) is 17.5 Å². The number of ether oxygens (including phenoxy) is 2. The summed E-state index contributed by atoms with van der Waals surface area (Å²) in [5.41, 5.74) is 1.53. The molecule has 1 aromatic heterocycles. The fourth-order valence-electron chi connectivity index (χ4n) is 5.10. The van der Waals surface area contributed by atoms with Crippen molar-refractivity contribution in [2.75, 3.05) is 13.2 Å². The number of carbonyl (C=O) groups is 2. The number of ketones is 1. The van der Waals surface area contributed by atoms with Crippen LogP contribution < -0.4 is 5.32 Å². The number of halogens is 2. The molecule has 5 nitrogen and oxygen atoms in total. The van der Waals surface area contributed by atoms with E-state index in [1.54, 1.807) is 18.3 Å². The summed E-state index contributed by atoms with van der Waals surface area (Å²) in [6, 6.07) is 7.06. The van der Waals surface area contributed by atoms with Crippen LogP contribution in [0.5, 0.6) is 0 Å². The molecule has 1 N–H and O–H groups in total. The van der Waals surface area contributed by atoms with Crippen LogP contribution >= 0.6 is 11.3 Å². The van der Waals surface area contributed by atoms with Crippen LogP contribution in [0, 0.1) is 11.6 Å². The zero-order chi connectivity index (χ0) is 23.8. The molecular weight excluding hydrogens is 460 g/mol. The third kappa shape index (κ3) is 4.32. The number of dihydropyridines is 1. The molecule has 3 heterocycles. The van der Waals surface area contributed by atoms with Crippen molar-refractivity contribution < 1.29 is 27.8 Å². The van der Waals surface area contributed by atoms with E-state index in [4.69, 9.17) is 9.47 Å². The Kier molecular flexibility index (Phi) is 6.36. The smallest absolute Gasteiger partial charge is 0.336 e. The van der Waals surface area contributed by atoms with Gasteiger partial charge in [0.15, 0.2) is 5.78 Å². The average molecular weight is 486 g/mol. The lowest BCUT2D eigenvalue weighted by Crippen LogP contribution is -2.36. The van der Waals surface area contributed by atoms with Gasteiger partial charge in [0.2, 0.25) is 0 Å². The Morgan fingerprint density at radius 3 is 2.85 bits per heavy atom. The second kappa shape index (κ2) is 9.43. The van der Waals surface area contributed by atoms with Crippen LogP contribution in [0.2, 0.25) is 0 Å². The van der Waals surface area contributed by atoms with Gasteiger partial charge in [-0.3, -0.25) is 4.79 Å². The third-order valence-corrected chi connectivity index (χ3v) is 7.72. The maximum absolute atomic E-state index is 15.0. The molecule has 2 aromatic rings. The topological polar surface area (TPSA) is 64.6 Å². The van der Waals surface area contributed by atoms with E-state index in [2.05, 4.69) is 5.32 Å². The minimum Gasteiger partial charge on any atom is -0.459 e. The van der Waals surface area contributed by atoms with Gasteiger partial charge in [-0.1, -0.05) is 6.07 Å². The molecule has 0 bridgehead atoms. The van der Waals surface area contributed by atoms with Gasteiger partial charge in [-0.2, -0.15) is 0 Å². The predicted octanol–water partition coefficient (Wildman–Crippen LogP) is 5.11. The maximum atomic E-state index is 15.0. The molecule has 1 aromatic carbocycles. The van der Waals surface area contributed by atoms with E-state index < -0.39 is 23.5 Å². The number of nitrogens with one attached hydrogen (secondary N) is 1. The monoisotopic (exact) mass is 485 g/mol. The normalized spacial score (nSPS) is 24.8. The number of Topliss-reactive ketones (excluding diaryl/α,β-unsaturated/α-hetero) is 1. The zero-order valence-corrected chi connectivity index (χ0v) is 19.6. The van der Waals surface area contributed by atoms with Crippen LogP contribution in [0.4, 0.5) is 8.78 Å². The van der Waals surface area contributed by atoms with E-state index in [0.717, 1.165) is 35.9 Å². The summed E-state index contributed by atoms with van der Waals surface area (Å²) in [5, 5.41) is 5.20. The first-order valence-electron chi connectivity index (χ1n) is 11.4. The molecule has 0 radical (unpaired) electrons. The second-order valence-corrected chi connectivity index (χ2v) is 9.91. The summed E-state index contributed by atoms with van der Waals surface area (Å²) in [7, 11) is 0. The van der Waals surface area contributed by atoms with Crippen molar-refractivity contribution in [2.45, 2.75) is 50.5 Å². The fraction of sp³-hybridized carbons (Fsp3) is 0.385. The standard InChI is InChI=1S/C26H25F2NO4S/c1-14-23(26(31)33-13-17-4-2-8-32-17)24(18-12-16(27)6-7-19(18)28)25-20(29-14)10-15(11-21(25)30)22-5-3-9-34-22/h3,5-7,9,12,15,17,24,29H,2,4,8,10-11,13H2,1H3/t15-,17-,24+/m1/s1. The molecule has 0 saturated carbocycles. The molecule has 3 aliphatic rings.